The molecule has 0 aliphatic carbocycles. The van der Waals surface area contributed by atoms with Gasteiger partial charge in [-0.05, 0) is 54.6 Å². The summed E-state index contributed by atoms with van der Waals surface area (Å²) in [5.74, 6) is 0. The Morgan fingerprint density at radius 1 is 0.967 bits per heavy atom. The van der Waals surface area contributed by atoms with E-state index >= 15 is 0 Å². The van der Waals surface area contributed by atoms with Crippen molar-refractivity contribution in [2.75, 3.05) is 0 Å². The van der Waals surface area contributed by atoms with Crippen LogP contribution < -0.4 is 9.75 Å². The van der Waals surface area contributed by atoms with Gasteiger partial charge in [0.25, 0.3) is 0 Å². The van der Waals surface area contributed by atoms with Gasteiger partial charge in [-0.1, -0.05) is 30.9 Å². The van der Waals surface area contributed by atoms with Gasteiger partial charge in [-0.25, -0.2) is 4.57 Å². The lowest BCUT2D eigenvalue weighted by Gasteiger charge is -2.20. The van der Waals surface area contributed by atoms with Crippen LogP contribution >= 0.6 is 0 Å². The monoisotopic (exact) mass is 408 g/mol. The van der Waals surface area contributed by atoms with Gasteiger partial charge >= 0.3 is 0 Å². The first-order valence-electron chi connectivity index (χ1n) is 10.6. The first-order valence-corrected chi connectivity index (χ1v) is 14.1. The third-order valence-electron chi connectivity index (χ3n) is 6.88. The lowest BCUT2D eigenvalue weighted by Crippen LogP contribution is -2.38. The molecule has 6 rings (SSSR count). The summed E-state index contributed by atoms with van der Waals surface area (Å²) in [6.07, 6.45) is 4.14. The fraction of sp³-hybridized carbons (Fsp3) is 0.231. The quantitative estimate of drug-likeness (QED) is 0.155. The number of pyridine rings is 3. The highest BCUT2D eigenvalue weighted by Crippen LogP contribution is 2.40. The third-order valence-corrected chi connectivity index (χ3v) is 8.91. The van der Waals surface area contributed by atoms with Crippen LogP contribution in [0.2, 0.25) is 19.6 Å². The molecular formula is C26H26N3Si+. The van der Waals surface area contributed by atoms with Crippen molar-refractivity contribution < 1.29 is 4.57 Å². The molecule has 3 nitrogen and oxygen atoms in total. The zero-order valence-corrected chi connectivity index (χ0v) is 19.5. The average Bonchev–Trinajstić information content (AvgIpc) is 3.03. The molecule has 0 fully saturated rings. The molecule has 4 heteroatoms. The predicted octanol–water partition coefficient (Wildman–Crippen LogP) is 5.37. The summed E-state index contributed by atoms with van der Waals surface area (Å²) in [7, 11) is 0.693. The lowest BCUT2D eigenvalue weighted by molar-refractivity contribution is -0.643. The molecule has 148 valence electrons. The van der Waals surface area contributed by atoms with Crippen LogP contribution in [0.4, 0.5) is 0 Å². The Bertz CT molecular complexity index is 1650. The van der Waals surface area contributed by atoms with Crippen LogP contribution in [-0.2, 0) is 7.05 Å². The Labute approximate surface area is 176 Å². The van der Waals surface area contributed by atoms with Crippen LogP contribution in [0, 0.1) is 13.8 Å². The highest BCUT2D eigenvalue weighted by Gasteiger charge is 2.27. The number of aryl methyl sites for hydroxylation is 3. The molecule has 0 bridgehead atoms. The second kappa shape index (κ2) is 5.58. The van der Waals surface area contributed by atoms with Crippen molar-refractivity contribution in [2.24, 2.45) is 7.05 Å². The molecule has 0 saturated heterocycles. The van der Waals surface area contributed by atoms with E-state index in [1.165, 1.54) is 59.9 Å². The highest BCUT2D eigenvalue weighted by atomic mass is 28.3. The number of fused-ring (bicyclic) bond motifs is 5. The normalized spacial score (nSPS) is 13.0. The maximum atomic E-state index is 4.82. The zero-order valence-electron chi connectivity index (χ0n) is 18.5. The fourth-order valence-corrected chi connectivity index (χ4v) is 6.31. The van der Waals surface area contributed by atoms with Gasteiger partial charge < -0.3 is 4.40 Å². The summed E-state index contributed by atoms with van der Waals surface area (Å²) in [6.45, 7) is 11.8. The van der Waals surface area contributed by atoms with Crippen molar-refractivity contribution in [1.29, 1.82) is 0 Å². The molecule has 0 amide bonds. The minimum absolute atomic E-state index is 1.10. The lowest BCUT2D eigenvalue weighted by atomic mass is 9.97. The van der Waals surface area contributed by atoms with Crippen LogP contribution in [0.15, 0.2) is 48.8 Å². The molecule has 4 heterocycles. The summed E-state index contributed by atoms with van der Waals surface area (Å²) in [6, 6.07) is 13.8. The highest BCUT2D eigenvalue weighted by molar-refractivity contribution is 6.89. The number of rotatable bonds is 1. The number of nitrogens with zero attached hydrogens (tertiary/aromatic N) is 3. The van der Waals surface area contributed by atoms with E-state index in [-0.39, 0.29) is 0 Å². The van der Waals surface area contributed by atoms with Gasteiger partial charge in [-0.3, -0.25) is 4.98 Å². The van der Waals surface area contributed by atoms with Gasteiger partial charge in [0.05, 0.1) is 40.9 Å². The summed E-state index contributed by atoms with van der Waals surface area (Å²) < 4.78 is 4.79. The Morgan fingerprint density at radius 2 is 1.77 bits per heavy atom. The van der Waals surface area contributed by atoms with E-state index < -0.39 is 8.07 Å². The zero-order chi connectivity index (χ0) is 20.9. The second-order valence-corrected chi connectivity index (χ2v) is 14.9. The summed E-state index contributed by atoms with van der Waals surface area (Å²) >= 11 is 0. The minimum Gasteiger partial charge on any atom is -0.306 e. The predicted molar refractivity (Wildman–Crippen MR) is 130 cm³/mol. The Morgan fingerprint density at radius 3 is 2.53 bits per heavy atom. The van der Waals surface area contributed by atoms with Crippen molar-refractivity contribution in [3.05, 3.63) is 59.9 Å². The van der Waals surface area contributed by atoms with E-state index in [0.29, 0.717) is 0 Å². The minimum atomic E-state index is -1.48. The maximum Gasteiger partial charge on any atom is 0.224 e. The molecule has 0 aliphatic rings. The Hall–Kier alpha value is -2.98. The van der Waals surface area contributed by atoms with Gasteiger partial charge in [-0.15, -0.1) is 0 Å². The van der Waals surface area contributed by atoms with E-state index in [1.54, 1.807) is 0 Å². The second-order valence-electron chi connectivity index (χ2n) is 9.78. The van der Waals surface area contributed by atoms with Crippen molar-refractivity contribution in [2.45, 2.75) is 33.5 Å². The van der Waals surface area contributed by atoms with Crippen molar-refractivity contribution in [3.63, 3.8) is 0 Å². The molecule has 0 atom stereocenters. The van der Waals surface area contributed by atoms with Crippen LogP contribution in [0.3, 0.4) is 0 Å². The van der Waals surface area contributed by atoms with E-state index in [0.717, 1.165) is 5.52 Å². The summed E-state index contributed by atoms with van der Waals surface area (Å²) in [4.78, 5) is 4.82. The number of aromatic nitrogens is 3. The topological polar surface area (TPSA) is 21.2 Å². The molecule has 2 aromatic carbocycles. The van der Waals surface area contributed by atoms with E-state index in [9.17, 15) is 0 Å². The van der Waals surface area contributed by atoms with Gasteiger partial charge in [0, 0.05) is 17.6 Å². The molecule has 0 aliphatic heterocycles. The molecule has 4 aromatic heterocycles. The van der Waals surface area contributed by atoms with E-state index in [1.807, 2.05) is 6.20 Å². The summed E-state index contributed by atoms with van der Waals surface area (Å²) in [5.41, 5.74) is 8.90. The number of hydrogen-bond donors (Lipinski definition) is 0. The SMILES string of the molecule is Cc1cc2c3ncccc3n3c4cc([Si](C)(C)C)cc5cc[n+](C)c(c(c1C)c23)c54. The van der Waals surface area contributed by atoms with Crippen LogP contribution in [0.5, 0.6) is 0 Å². The van der Waals surface area contributed by atoms with Crippen molar-refractivity contribution >= 4 is 62.4 Å². The molecule has 30 heavy (non-hydrogen) atoms. The van der Waals surface area contributed by atoms with E-state index in [2.05, 4.69) is 92.1 Å². The van der Waals surface area contributed by atoms with Gasteiger partial charge in [0.1, 0.15) is 7.05 Å². The third kappa shape index (κ3) is 2.09. The molecule has 0 spiro atoms. The van der Waals surface area contributed by atoms with Crippen molar-refractivity contribution in [3.8, 4) is 0 Å². The van der Waals surface area contributed by atoms with Gasteiger partial charge in [-0.2, -0.15) is 0 Å². The van der Waals surface area contributed by atoms with Crippen molar-refractivity contribution in [1.82, 2.24) is 9.38 Å². The van der Waals surface area contributed by atoms with Crippen LogP contribution in [0.25, 0.3) is 49.1 Å². The smallest absolute Gasteiger partial charge is 0.224 e. The molecule has 0 unspecified atom stereocenters. The average molecular weight is 409 g/mol. The van der Waals surface area contributed by atoms with Gasteiger partial charge in [0.15, 0.2) is 6.20 Å². The molecular weight excluding hydrogens is 382 g/mol. The standard InChI is InChI=1S/C26H26N3Si/c1-15-12-19-24-20(8-7-10-27-24)29-21-14-18(30(4,5)6)13-17-9-11-28(3)26(23(17)21)22(16(15)2)25(19)29/h7-14H,1-6H3/q+1. The molecule has 0 N–H and O–H groups in total. The van der Waals surface area contributed by atoms with Crippen LogP contribution in [0.1, 0.15) is 11.1 Å². The van der Waals surface area contributed by atoms with Gasteiger partial charge in [0.2, 0.25) is 5.52 Å². The Kier molecular flexibility index (Phi) is 3.32. The fourth-order valence-electron chi connectivity index (χ4n) is 5.15. The molecule has 6 aromatic rings. The first-order chi connectivity index (χ1) is 14.3. The largest absolute Gasteiger partial charge is 0.306 e. The van der Waals surface area contributed by atoms with Crippen LogP contribution in [-0.4, -0.2) is 17.5 Å². The Balaban J connectivity index is 2.09. The number of benzene rings is 2. The van der Waals surface area contributed by atoms with E-state index in [4.69, 9.17) is 4.98 Å². The first kappa shape index (κ1) is 17.8. The molecule has 0 saturated carbocycles. The molecule has 0 radical (unpaired) electrons. The number of hydrogen-bond acceptors (Lipinski definition) is 1. The summed E-state index contributed by atoms with van der Waals surface area (Å²) in [5, 5.41) is 6.79. The maximum absolute atomic E-state index is 4.82.